The van der Waals surface area contributed by atoms with E-state index in [1.165, 1.54) is 0 Å². The van der Waals surface area contributed by atoms with Gasteiger partial charge < -0.3 is 40.7 Å². The zero-order valence-corrected chi connectivity index (χ0v) is 78.2. The van der Waals surface area contributed by atoms with Crippen LogP contribution in [0, 0.1) is 53.7 Å². The van der Waals surface area contributed by atoms with Gasteiger partial charge in [-0.2, -0.15) is 15.8 Å². The summed E-state index contributed by atoms with van der Waals surface area (Å²) in [5.41, 5.74) is 30.3. The lowest BCUT2D eigenvalue weighted by molar-refractivity contribution is 0.669. The fourth-order valence-electron chi connectivity index (χ4n) is 23.1. The molecule has 0 N–H and O–H groups in total. The van der Waals surface area contributed by atoms with Crippen LogP contribution in [0.3, 0.4) is 0 Å². The molecule has 21 aromatic carbocycles. The van der Waals surface area contributed by atoms with Crippen molar-refractivity contribution in [3.8, 4) is 85.7 Å². The zero-order chi connectivity index (χ0) is 97.9. The van der Waals surface area contributed by atoms with E-state index >= 15 is 0 Å². The first kappa shape index (κ1) is 83.9. The summed E-state index contributed by atoms with van der Waals surface area (Å²) < 4.78 is 32.6. The highest BCUT2D eigenvalue weighted by Crippen LogP contribution is 2.51. The Balaban J connectivity index is 0.000000107. The molecule has 0 unspecified atom stereocenters. The summed E-state index contributed by atoms with van der Waals surface area (Å²) in [6, 6.07) is 155. The number of nitrogens with zero attached hydrogens (tertiary/aromatic N) is 12. The molecule has 0 spiro atoms. The molecule has 15 nitrogen and oxygen atoms in total. The van der Waals surface area contributed by atoms with Crippen LogP contribution in [0.1, 0.15) is 16.7 Å². The van der Waals surface area contributed by atoms with Crippen molar-refractivity contribution in [2.45, 2.75) is 0 Å². The Kier molecular flexibility index (Phi) is 19.0. The Bertz CT molecular complexity index is 11100. The normalized spacial score (nSPS) is 11.6. The Hall–Kier alpha value is -21.2. The molecule has 147 heavy (non-hydrogen) atoms. The minimum atomic E-state index is 0.518. The average Bonchev–Trinajstić information content (AvgIpc) is 1.14. The van der Waals surface area contributed by atoms with Crippen molar-refractivity contribution in [1.29, 1.82) is 15.8 Å². The molecule has 0 amide bonds. The highest BCUT2D eigenvalue weighted by Gasteiger charge is 2.30. The fraction of sp³-hybridized carbons (Fsp3) is 0. The first-order chi connectivity index (χ1) is 72.7. The molecule has 30 aromatic rings. The van der Waals surface area contributed by atoms with E-state index in [1.54, 1.807) is 0 Å². The minimum Gasteiger partial charge on any atom is -0.456 e. The summed E-state index contributed by atoms with van der Waals surface area (Å²) in [4.78, 5) is 11.8. The summed E-state index contributed by atoms with van der Waals surface area (Å²) in [5.74, 6) is 0. The third kappa shape index (κ3) is 12.8. The van der Waals surface area contributed by atoms with E-state index < -0.39 is 0 Å². The van der Waals surface area contributed by atoms with E-state index in [1.807, 2.05) is 188 Å². The summed E-state index contributed by atoms with van der Waals surface area (Å²) in [5, 5.41) is 51.5. The van der Waals surface area contributed by atoms with Gasteiger partial charge in [-0.15, -0.1) is 0 Å². The quantitative estimate of drug-likeness (QED) is 0.131. The highest BCUT2D eigenvalue weighted by molar-refractivity contribution is 6.27. The van der Waals surface area contributed by atoms with Crippen LogP contribution in [0.4, 0.5) is 17.1 Å². The maximum Gasteiger partial charge on any atom is 0.189 e. The molecule has 0 bridgehead atoms. The largest absolute Gasteiger partial charge is 0.456 e. The van der Waals surface area contributed by atoms with Gasteiger partial charge in [0.05, 0.1) is 125 Å². The average molecular weight is 1870 g/mol. The molecular weight excluding hydrogens is 1800 g/mol. The molecule has 0 atom stereocenters. The number of benzene rings is 21. The molecule has 0 aliphatic heterocycles. The monoisotopic (exact) mass is 1870 g/mol. The molecule has 0 fully saturated rings. The van der Waals surface area contributed by atoms with Gasteiger partial charge in [0.2, 0.25) is 0 Å². The second kappa shape index (κ2) is 33.2. The van der Waals surface area contributed by atoms with E-state index in [0.29, 0.717) is 33.8 Å². The van der Waals surface area contributed by atoms with Crippen molar-refractivity contribution in [3.05, 3.63) is 488 Å². The van der Waals surface area contributed by atoms with E-state index in [4.69, 9.17) is 33.0 Å². The van der Waals surface area contributed by atoms with Gasteiger partial charge in [-0.25, -0.2) is 14.5 Å². The molecule has 0 saturated heterocycles. The lowest BCUT2D eigenvalue weighted by Gasteiger charge is -2.18. The molecule has 0 radical (unpaired) electrons. The van der Waals surface area contributed by atoms with Crippen molar-refractivity contribution in [1.82, 2.24) is 27.4 Å². The van der Waals surface area contributed by atoms with Crippen LogP contribution in [0.2, 0.25) is 0 Å². The lowest BCUT2D eigenvalue weighted by atomic mass is 9.98. The number of aromatic nitrogens is 6. The second-order valence-electron chi connectivity index (χ2n) is 37.0. The highest BCUT2D eigenvalue weighted by atomic mass is 16.3. The lowest BCUT2D eigenvalue weighted by Crippen LogP contribution is -2.02. The summed E-state index contributed by atoms with van der Waals surface area (Å²) in [6.45, 7) is 24.4. The first-order valence-corrected chi connectivity index (χ1v) is 48.3. The Morgan fingerprint density at radius 3 is 0.884 bits per heavy atom. The van der Waals surface area contributed by atoms with Crippen LogP contribution < -0.4 is 0 Å². The van der Waals surface area contributed by atoms with Crippen molar-refractivity contribution in [2.24, 2.45) is 0 Å². The number of rotatable bonds is 9. The zero-order valence-electron chi connectivity index (χ0n) is 78.2. The molecule has 678 valence electrons. The molecule has 0 aliphatic carbocycles. The van der Waals surface area contributed by atoms with Crippen molar-refractivity contribution < 1.29 is 13.3 Å². The van der Waals surface area contributed by atoms with Crippen LogP contribution in [0.25, 0.3) is 279 Å². The van der Waals surface area contributed by atoms with Crippen molar-refractivity contribution >= 4 is 214 Å². The van der Waals surface area contributed by atoms with Gasteiger partial charge in [0.15, 0.2) is 22.6 Å². The maximum atomic E-state index is 10.7. The smallest absolute Gasteiger partial charge is 0.189 e. The van der Waals surface area contributed by atoms with Gasteiger partial charge in [-0.05, 0) is 187 Å². The SMILES string of the molecule is [C-]#[N+]c1cc(-c2cccc(C#N)c2-n2c3ccccc3c3cc4c(cc32)oc2ccccc24)cc(-n2c3ccccc3c3ccccc32)c1.[C-]#[N+]c1cc(-c2cccc(C#N)c2-n2c3ccccc3c3ccc4c5ccccc5oc4c32)cc(-n2c3ccccc3c3ccccc32)c1.[C-]#[N+]c1cc(-c2cccc(C#N)c2-n2c3ccccc3c3ccc4oc5ccccc5c4c32)cc(-n2c3ccccc3c3ccccc32)c1. The minimum absolute atomic E-state index is 0.518. The van der Waals surface area contributed by atoms with Crippen LogP contribution in [-0.4, -0.2) is 27.4 Å². The standard InChI is InChI=1S/3C44H24N4O/c1-46-29-21-28(22-30(23-29)47-38-17-6-2-12-32(38)33-13-3-7-18-39(33)47)31-16-10-11-27(26-45)44(31)48-40-19-8-4-14-34(40)36-24-37-35-15-5-9-20-42(35)49-43(37)25-41(36)48;1-46-29-23-28(24-30(25-29)47-37-17-6-2-12-32(37)33-13-3-7-18-38(33)47)31-16-10-11-27(26-45)43(31)48-39-19-8-4-14-34(39)35-21-22-41-42(44(35)48)36-15-5-9-20-40(36)49-41;1-46-29-23-28(24-30(25-29)47-38-17-6-2-12-32(38)33-13-3-7-18-39(33)47)31-16-10-11-27(26-45)42(31)48-40-19-8-4-14-34(40)36-21-22-37-35-15-5-9-20-41(35)49-44(37)43(36)48/h3*2-25H. The molecule has 9 heterocycles. The molecule has 9 aromatic heterocycles. The maximum absolute atomic E-state index is 10.7. The van der Waals surface area contributed by atoms with E-state index in [0.717, 1.165) is 264 Å². The number of para-hydroxylation sites is 15. The summed E-state index contributed by atoms with van der Waals surface area (Å²) in [7, 11) is 0. The number of hydrogen-bond donors (Lipinski definition) is 0. The summed E-state index contributed by atoms with van der Waals surface area (Å²) in [6.07, 6.45) is 0. The fourth-order valence-corrected chi connectivity index (χ4v) is 23.1. The van der Waals surface area contributed by atoms with Crippen LogP contribution in [0.5, 0.6) is 0 Å². The Labute approximate surface area is 837 Å². The molecule has 15 heteroatoms. The van der Waals surface area contributed by atoms with E-state index in [9.17, 15) is 15.8 Å². The number of hydrogen-bond acceptors (Lipinski definition) is 6. The van der Waals surface area contributed by atoms with Crippen LogP contribution >= 0.6 is 0 Å². The topological polar surface area (TPSA) is 153 Å². The van der Waals surface area contributed by atoms with Gasteiger partial charge in [-0.1, -0.05) is 261 Å². The molecule has 0 aliphatic rings. The molecular formula is C132H72N12O3. The van der Waals surface area contributed by atoms with Crippen LogP contribution in [-0.2, 0) is 0 Å². The predicted molar refractivity (Wildman–Crippen MR) is 596 cm³/mol. The number of nitriles is 3. The van der Waals surface area contributed by atoms with E-state index in [2.05, 4.69) is 309 Å². The van der Waals surface area contributed by atoms with Gasteiger partial charge in [0.25, 0.3) is 0 Å². The number of fused-ring (bicyclic) bond motifs is 29. The van der Waals surface area contributed by atoms with Crippen molar-refractivity contribution in [3.63, 3.8) is 0 Å². The third-order valence-corrected chi connectivity index (χ3v) is 29.2. The number of furan rings is 3. The second-order valence-corrected chi connectivity index (χ2v) is 37.0. The first-order valence-electron chi connectivity index (χ1n) is 48.3. The predicted octanol–water partition coefficient (Wildman–Crippen LogP) is 35.6. The Morgan fingerprint density at radius 2 is 0.490 bits per heavy atom. The van der Waals surface area contributed by atoms with Gasteiger partial charge in [0, 0.05) is 131 Å². The van der Waals surface area contributed by atoms with Gasteiger partial charge in [-0.3, -0.25) is 0 Å². The summed E-state index contributed by atoms with van der Waals surface area (Å²) >= 11 is 0. The molecule has 0 saturated carbocycles. The molecule has 30 rings (SSSR count). The van der Waals surface area contributed by atoms with E-state index in [-0.39, 0.29) is 0 Å². The van der Waals surface area contributed by atoms with Crippen LogP contribution in [0.15, 0.2) is 450 Å². The van der Waals surface area contributed by atoms with Crippen molar-refractivity contribution in [2.75, 3.05) is 0 Å². The third-order valence-electron chi connectivity index (χ3n) is 29.2. The van der Waals surface area contributed by atoms with Gasteiger partial charge in [0.1, 0.15) is 46.1 Å². The van der Waals surface area contributed by atoms with Gasteiger partial charge >= 0.3 is 0 Å². The Morgan fingerprint density at radius 1 is 0.197 bits per heavy atom.